The minimum Gasteiger partial charge on any atom is -0.352 e. The van der Waals surface area contributed by atoms with Crippen LogP contribution in [0.3, 0.4) is 0 Å². The number of aromatic amines is 2. The van der Waals surface area contributed by atoms with E-state index in [0.29, 0.717) is 0 Å². The monoisotopic (exact) mass is 362 g/mol. The molecule has 88 valence electrons. The summed E-state index contributed by atoms with van der Waals surface area (Å²) >= 11 is 7.17. The van der Waals surface area contributed by atoms with Gasteiger partial charge in [0.1, 0.15) is 0 Å². The number of benzene rings is 2. The number of para-hydroxylation sites is 2. The third-order valence-corrected chi connectivity index (χ3v) is 4.64. The summed E-state index contributed by atoms with van der Waals surface area (Å²) in [4.78, 5) is 7.00. The highest BCUT2D eigenvalue weighted by molar-refractivity contribution is 9.11. The van der Waals surface area contributed by atoms with E-state index < -0.39 is 0 Å². The van der Waals surface area contributed by atoms with E-state index in [-0.39, 0.29) is 0 Å². The van der Waals surface area contributed by atoms with Crippen LogP contribution in [0.25, 0.3) is 32.8 Å². The van der Waals surface area contributed by atoms with Gasteiger partial charge < -0.3 is 9.97 Å². The van der Waals surface area contributed by atoms with Gasteiger partial charge in [0.05, 0.1) is 22.1 Å². The average Bonchev–Trinajstić information content (AvgIpc) is 2.88. The molecule has 0 fully saturated rings. The number of nitrogens with one attached hydrogen (secondary N) is 2. The lowest BCUT2D eigenvalue weighted by Gasteiger charge is -1.95. The number of fused-ring (bicyclic) bond motifs is 5. The Bertz CT molecular complexity index is 826. The molecule has 2 aromatic heterocycles. The first-order valence-electron chi connectivity index (χ1n) is 5.62. The molecule has 0 aliphatic carbocycles. The summed E-state index contributed by atoms with van der Waals surface area (Å²) in [6.07, 6.45) is 0. The van der Waals surface area contributed by atoms with E-state index in [1.807, 2.05) is 0 Å². The molecule has 18 heavy (non-hydrogen) atoms. The summed E-state index contributed by atoms with van der Waals surface area (Å²) in [6.45, 7) is 0. The molecule has 2 heterocycles. The molecule has 0 bridgehead atoms. The van der Waals surface area contributed by atoms with Crippen molar-refractivity contribution in [1.82, 2.24) is 9.97 Å². The van der Waals surface area contributed by atoms with Crippen LogP contribution in [0.2, 0.25) is 0 Å². The first-order chi connectivity index (χ1) is 8.75. The van der Waals surface area contributed by atoms with Crippen molar-refractivity contribution in [3.63, 3.8) is 0 Å². The van der Waals surface area contributed by atoms with Gasteiger partial charge in [-0.05, 0) is 44.0 Å². The highest BCUT2D eigenvalue weighted by Gasteiger charge is 2.12. The van der Waals surface area contributed by atoms with E-state index in [1.165, 1.54) is 10.8 Å². The second kappa shape index (κ2) is 3.62. The molecule has 4 rings (SSSR count). The minimum absolute atomic E-state index is 1.09. The average molecular weight is 364 g/mol. The quantitative estimate of drug-likeness (QED) is 0.423. The maximum absolute atomic E-state index is 3.58. The van der Waals surface area contributed by atoms with Gasteiger partial charge in [0.25, 0.3) is 0 Å². The summed E-state index contributed by atoms with van der Waals surface area (Å²) in [6, 6.07) is 12.5. The maximum Gasteiger partial charge on any atom is 0.0726 e. The third kappa shape index (κ3) is 1.27. The summed E-state index contributed by atoms with van der Waals surface area (Å²) in [5.41, 5.74) is 4.60. The molecule has 0 radical (unpaired) electrons. The summed E-state index contributed by atoms with van der Waals surface area (Å²) < 4.78 is 2.18. The van der Waals surface area contributed by atoms with Crippen LogP contribution in [0.15, 0.2) is 45.3 Å². The van der Waals surface area contributed by atoms with Crippen molar-refractivity contribution in [1.29, 1.82) is 0 Å². The molecular weight excluding hydrogens is 356 g/mol. The first kappa shape index (κ1) is 10.6. The fourth-order valence-electron chi connectivity index (χ4n) is 2.50. The number of hydrogen-bond donors (Lipinski definition) is 2. The Kier molecular flexibility index (Phi) is 2.14. The number of rotatable bonds is 0. The number of aromatic nitrogens is 2. The zero-order chi connectivity index (χ0) is 12.3. The molecule has 0 saturated carbocycles. The van der Waals surface area contributed by atoms with Crippen molar-refractivity contribution in [2.75, 3.05) is 0 Å². The molecule has 0 aliphatic heterocycles. The first-order valence-corrected chi connectivity index (χ1v) is 7.20. The molecule has 0 amide bonds. The minimum atomic E-state index is 1.09. The van der Waals surface area contributed by atoms with Crippen LogP contribution in [0, 0.1) is 0 Å². The maximum atomic E-state index is 3.58. The second-order valence-corrected chi connectivity index (χ2v) is 6.03. The van der Waals surface area contributed by atoms with E-state index in [2.05, 4.69) is 78.2 Å². The topological polar surface area (TPSA) is 31.6 Å². The molecular formula is C14H8Br2N2. The Morgan fingerprint density at radius 2 is 1.06 bits per heavy atom. The van der Waals surface area contributed by atoms with Crippen molar-refractivity contribution < 1.29 is 0 Å². The summed E-state index contributed by atoms with van der Waals surface area (Å²) in [5, 5.41) is 2.42. The van der Waals surface area contributed by atoms with Crippen molar-refractivity contribution in [3.8, 4) is 0 Å². The van der Waals surface area contributed by atoms with E-state index in [4.69, 9.17) is 0 Å². The second-order valence-electron chi connectivity index (χ2n) is 4.32. The van der Waals surface area contributed by atoms with Crippen LogP contribution in [0.5, 0.6) is 0 Å². The third-order valence-electron chi connectivity index (χ3n) is 3.32. The van der Waals surface area contributed by atoms with E-state index >= 15 is 0 Å². The van der Waals surface area contributed by atoms with Gasteiger partial charge in [-0.3, -0.25) is 0 Å². The lowest BCUT2D eigenvalue weighted by molar-refractivity contribution is 1.54. The predicted molar refractivity (Wildman–Crippen MR) is 83.1 cm³/mol. The van der Waals surface area contributed by atoms with Crippen molar-refractivity contribution in [2.24, 2.45) is 0 Å². The van der Waals surface area contributed by atoms with E-state index in [1.54, 1.807) is 0 Å². The van der Waals surface area contributed by atoms with Gasteiger partial charge in [0.2, 0.25) is 0 Å². The van der Waals surface area contributed by atoms with Gasteiger partial charge in [-0.2, -0.15) is 0 Å². The smallest absolute Gasteiger partial charge is 0.0726 e. The van der Waals surface area contributed by atoms with Gasteiger partial charge in [-0.1, -0.05) is 24.3 Å². The van der Waals surface area contributed by atoms with Crippen LogP contribution >= 0.6 is 31.9 Å². The van der Waals surface area contributed by atoms with Gasteiger partial charge in [0.15, 0.2) is 0 Å². The van der Waals surface area contributed by atoms with Crippen LogP contribution in [0.4, 0.5) is 0 Å². The van der Waals surface area contributed by atoms with Crippen molar-refractivity contribution in [3.05, 3.63) is 45.3 Å². The Morgan fingerprint density at radius 3 is 1.50 bits per heavy atom. The lowest BCUT2D eigenvalue weighted by atomic mass is 10.2. The fraction of sp³-hybridized carbons (Fsp3) is 0. The molecule has 0 aliphatic rings. The highest BCUT2D eigenvalue weighted by Crippen LogP contribution is 2.36. The lowest BCUT2D eigenvalue weighted by Crippen LogP contribution is -1.74. The molecule has 2 N–H and O–H groups in total. The molecule has 2 nitrogen and oxygen atoms in total. The summed E-state index contributed by atoms with van der Waals surface area (Å²) in [7, 11) is 0. The van der Waals surface area contributed by atoms with E-state index in [0.717, 1.165) is 31.0 Å². The molecule has 2 aromatic carbocycles. The largest absolute Gasteiger partial charge is 0.352 e. The molecule has 0 saturated heterocycles. The van der Waals surface area contributed by atoms with Crippen LogP contribution in [-0.2, 0) is 0 Å². The molecule has 0 spiro atoms. The van der Waals surface area contributed by atoms with E-state index in [9.17, 15) is 0 Å². The zero-order valence-electron chi connectivity index (χ0n) is 9.22. The standard InChI is InChI=1S/C14H8Br2N2/c15-9-5-1-3-7-11(9)17-14-8-4-2-6-10(16)12(8)18-13(7)14/h1-6,17-18H. The van der Waals surface area contributed by atoms with Crippen LogP contribution in [0.1, 0.15) is 0 Å². The Morgan fingerprint density at radius 1 is 0.611 bits per heavy atom. The molecule has 0 unspecified atom stereocenters. The molecule has 0 atom stereocenters. The highest BCUT2D eigenvalue weighted by atomic mass is 79.9. The molecule has 4 aromatic rings. The van der Waals surface area contributed by atoms with Crippen molar-refractivity contribution in [2.45, 2.75) is 0 Å². The van der Waals surface area contributed by atoms with Gasteiger partial charge in [-0.15, -0.1) is 0 Å². The van der Waals surface area contributed by atoms with Gasteiger partial charge in [0, 0.05) is 19.7 Å². The van der Waals surface area contributed by atoms with Crippen LogP contribution < -0.4 is 0 Å². The normalized spacial score (nSPS) is 11.9. The zero-order valence-corrected chi connectivity index (χ0v) is 12.4. The van der Waals surface area contributed by atoms with Crippen LogP contribution in [-0.4, -0.2) is 9.97 Å². The summed E-state index contributed by atoms with van der Waals surface area (Å²) in [5.74, 6) is 0. The number of H-pyrrole nitrogens is 2. The van der Waals surface area contributed by atoms with Gasteiger partial charge in [-0.25, -0.2) is 0 Å². The Hall–Kier alpha value is -1.26. The Labute approximate surface area is 120 Å². The van der Waals surface area contributed by atoms with Gasteiger partial charge >= 0.3 is 0 Å². The fourth-order valence-corrected chi connectivity index (χ4v) is 3.43. The predicted octanol–water partition coefficient (Wildman–Crippen LogP) is 5.33. The van der Waals surface area contributed by atoms with Crippen molar-refractivity contribution >= 4 is 64.7 Å². The number of hydrogen-bond acceptors (Lipinski definition) is 0. The Balaban J connectivity index is 2.32. The number of halogens is 2. The SMILES string of the molecule is Brc1cccc2c1[nH]c1c3cccc(Br)c3[nH]c21. The molecule has 4 heteroatoms.